The number of hydrogen-bond donors (Lipinski definition) is 2. The van der Waals surface area contributed by atoms with E-state index in [2.05, 4.69) is 5.32 Å². The fourth-order valence-electron chi connectivity index (χ4n) is 2.20. The molecule has 6 heteroatoms. The number of alkyl halides is 4. The van der Waals surface area contributed by atoms with Crippen molar-refractivity contribution in [3.8, 4) is 0 Å². The van der Waals surface area contributed by atoms with Gasteiger partial charge >= 0.3 is 12.3 Å². The molecule has 1 rings (SSSR count). The van der Waals surface area contributed by atoms with Gasteiger partial charge in [-0.2, -0.15) is 8.78 Å². The second kappa shape index (κ2) is 6.54. The summed E-state index contributed by atoms with van der Waals surface area (Å²) < 4.78 is 48.6. The van der Waals surface area contributed by atoms with Crippen molar-refractivity contribution in [3.05, 3.63) is 0 Å². The van der Waals surface area contributed by atoms with Crippen molar-refractivity contribution in [3.63, 3.8) is 0 Å². The molecule has 17 heavy (non-hydrogen) atoms. The van der Waals surface area contributed by atoms with Gasteiger partial charge in [-0.25, -0.2) is 8.78 Å². The van der Waals surface area contributed by atoms with E-state index in [1.54, 1.807) is 0 Å². The highest BCUT2D eigenvalue weighted by molar-refractivity contribution is 4.75. The maximum absolute atomic E-state index is 12.5. The molecule has 0 amide bonds. The van der Waals surface area contributed by atoms with Gasteiger partial charge in [0.1, 0.15) is 0 Å². The highest BCUT2D eigenvalue weighted by Crippen LogP contribution is 2.28. The molecule has 2 N–H and O–H groups in total. The third-order valence-corrected chi connectivity index (χ3v) is 3.14. The van der Waals surface area contributed by atoms with E-state index >= 15 is 0 Å². The van der Waals surface area contributed by atoms with Crippen LogP contribution in [0.15, 0.2) is 0 Å². The molecule has 0 heterocycles. The fraction of sp³-hybridized carbons (Fsp3) is 1.00. The van der Waals surface area contributed by atoms with Crippen LogP contribution in [0.2, 0.25) is 0 Å². The predicted octanol–water partition coefficient (Wildman–Crippen LogP) is 2.42. The van der Waals surface area contributed by atoms with Gasteiger partial charge < -0.3 is 10.4 Å². The zero-order chi connectivity index (χ0) is 12.9. The third kappa shape index (κ3) is 5.21. The van der Waals surface area contributed by atoms with Crippen molar-refractivity contribution in [2.24, 2.45) is 5.92 Å². The van der Waals surface area contributed by atoms with Gasteiger partial charge in [-0.05, 0) is 12.3 Å². The minimum Gasteiger partial charge on any atom is -0.392 e. The van der Waals surface area contributed by atoms with Gasteiger partial charge in [0.2, 0.25) is 0 Å². The van der Waals surface area contributed by atoms with Crippen LogP contribution in [0.1, 0.15) is 32.1 Å². The number of hydrogen-bond acceptors (Lipinski definition) is 2. The average Bonchev–Trinajstić information content (AvgIpc) is 2.69. The Hall–Kier alpha value is -0.360. The molecule has 0 aromatic carbocycles. The number of nitrogens with one attached hydrogen (secondary N) is 1. The number of halogens is 4. The van der Waals surface area contributed by atoms with Crippen molar-refractivity contribution >= 4 is 0 Å². The molecule has 1 unspecified atom stereocenters. The first-order chi connectivity index (χ1) is 7.92. The van der Waals surface area contributed by atoms with Gasteiger partial charge in [-0.15, -0.1) is 0 Å². The van der Waals surface area contributed by atoms with E-state index in [0.717, 1.165) is 25.7 Å². The summed E-state index contributed by atoms with van der Waals surface area (Å²) in [5.41, 5.74) is 0. The standard InChI is InChI=1S/C11H19F4NO/c12-10(13)11(14,15)7-16-6-9(17)5-8-3-1-2-4-8/h8-10,16-17H,1-7H2. The highest BCUT2D eigenvalue weighted by Gasteiger charge is 2.40. The minimum absolute atomic E-state index is 0.0567. The summed E-state index contributed by atoms with van der Waals surface area (Å²) in [6.45, 7) is -1.15. The molecule has 0 aliphatic heterocycles. The number of aliphatic hydroxyl groups is 1. The quantitative estimate of drug-likeness (QED) is 0.686. The summed E-state index contributed by atoms with van der Waals surface area (Å²) >= 11 is 0. The lowest BCUT2D eigenvalue weighted by Crippen LogP contribution is -2.41. The molecule has 102 valence electrons. The minimum atomic E-state index is -4.02. The van der Waals surface area contributed by atoms with Crippen molar-refractivity contribution in [2.45, 2.75) is 50.6 Å². The molecule has 0 aromatic rings. The smallest absolute Gasteiger partial charge is 0.319 e. The molecule has 1 saturated carbocycles. The highest BCUT2D eigenvalue weighted by atomic mass is 19.3. The molecule has 1 fully saturated rings. The molecular weight excluding hydrogens is 238 g/mol. The fourth-order valence-corrected chi connectivity index (χ4v) is 2.20. The third-order valence-electron chi connectivity index (χ3n) is 3.14. The van der Waals surface area contributed by atoms with Crippen LogP contribution >= 0.6 is 0 Å². The lowest BCUT2D eigenvalue weighted by molar-refractivity contribution is -0.125. The number of aliphatic hydroxyl groups excluding tert-OH is 1. The first kappa shape index (κ1) is 14.7. The molecule has 2 nitrogen and oxygen atoms in total. The van der Waals surface area contributed by atoms with E-state index in [9.17, 15) is 22.7 Å². The average molecular weight is 257 g/mol. The van der Waals surface area contributed by atoms with Crippen LogP contribution in [0.4, 0.5) is 17.6 Å². The van der Waals surface area contributed by atoms with E-state index < -0.39 is 25.0 Å². The van der Waals surface area contributed by atoms with Crippen molar-refractivity contribution in [2.75, 3.05) is 13.1 Å². The Morgan fingerprint density at radius 2 is 1.82 bits per heavy atom. The Kier molecular flexibility index (Phi) is 5.66. The summed E-state index contributed by atoms with van der Waals surface area (Å²) in [5.74, 6) is -3.57. The van der Waals surface area contributed by atoms with Crippen LogP contribution in [0.25, 0.3) is 0 Å². The van der Waals surface area contributed by atoms with E-state index in [1.807, 2.05) is 0 Å². The lowest BCUT2D eigenvalue weighted by Gasteiger charge is -2.19. The Labute approximate surface area is 98.4 Å². The Morgan fingerprint density at radius 1 is 1.24 bits per heavy atom. The normalized spacial score (nSPS) is 20.1. The van der Waals surface area contributed by atoms with Crippen LogP contribution in [-0.4, -0.2) is 36.6 Å². The summed E-state index contributed by atoms with van der Waals surface area (Å²) in [6, 6.07) is 0. The second-order valence-electron chi connectivity index (χ2n) is 4.73. The molecule has 1 atom stereocenters. The van der Waals surface area contributed by atoms with E-state index in [0.29, 0.717) is 12.3 Å². The Balaban J connectivity index is 2.13. The first-order valence-electron chi connectivity index (χ1n) is 5.96. The van der Waals surface area contributed by atoms with Crippen LogP contribution in [0, 0.1) is 5.92 Å². The Morgan fingerprint density at radius 3 is 2.35 bits per heavy atom. The van der Waals surface area contributed by atoms with E-state index in [-0.39, 0.29) is 6.54 Å². The molecule has 1 aliphatic carbocycles. The second-order valence-corrected chi connectivity index (χ2v) is 4.73. The maximum atomic E-state index is 12.5. The van der Waals surface area contributed by atoms with Crippen LogP contribution in [0.5, 0.6) is 0 Å². The summed E-state index contributed by atoms with van der Waals surface area (Å²) in [5, 5.41) is 11.8. The zero-order valence-electron chi connectivity index (χ0n) is 9.64. The SMILES string of the molecule is OC(CNCC(F)(F)C(F)F)CC1CCCC1. The van der Waals surface area contributed by atoms with Crippen molar-refractivity contribution in [1.29, 1.82) is 0 Å². The maximum Gasteiger partial charge on any atom is 0.319 e. The van der Waals surface area contributed by atoms with Gasteiger partial charge in [-0.1, -0.05) is 25.7 Å². The van der Waals surface area contributed by atoms with E-state index in [4.69, 9.17) is 0 Å². The van der Waals surface area contributed by atoms with E-state index in [1.165, 1.54) is 0 Å². The number of rotatable bonds is 7. The summed E-state index contributed by atoms with van der Waals surface area (Å²) in [6.07, 6.45) is 0.582. The largest absolute Gasteiger partial charge is 0.392 e. The molecule has 0 bridgehead atoms. The lowest BCUT2D eigenvalue weighted by atomic mass is 10.00. The monoisotopic (exact) mass is 257 g/mol. The van der Waals surface area contributed by atoms with Gasteiger partial charge in [0.25, 0.3) is 0 Å². The molecule has 0 aromatic heterocycles. The summed E-state index contributed by atoms with van der Waals surface area (Å²) in [4.78, 5) is 0. The molecular formula is C11H19F4NO. The molecule has 0 saturated heterocycles. The molecule has 1 aliphatic rings. The zero-order valence-corrected chi connectivity index (χ0v) is 9.64. The van der Waals surface area contributed by atoms with Crippen molar-refractivity contribution < 1.29 is 22.7 Å². The van der Waals surface area contributed by atoms with Crippen LogP contribution < -0.4 is 5.32 Å². The topological polar surface area (TPSA) is 32.3 Å². The van der Waals surface area contributed by atoms with Gasteiger partial charge in [0.15, 0.2) is 0 Å². The van der Waals surface area contributed by atoms with Crippen molar-refractivity contribution in [1.82, 2.24) is 5.32 Å². The first-order valence-corrected chi connectivity index (χ1v) is 5.96. The van der Waals surface area contributed by atoms with Gasteiger partial charge in [-0.3, -0.25) is 0 Å². The molecule has 0 spiro atoms. The summed E-state index contributed by atoms with van der Waals surface area (Å²) in [7, 11) is 0. The molecule has 0 radical (unpaired) electrons. The van der Waals surface area contributed by atoms with Gasteiger partial charge in [0, 0.05) is 6.54 Å². The van der Waals surface area contributed by atoms with Crippen LogP contribution in [0.3, 0.4) is 0 Å². The predicted molar refractivity (Wildman–Crippen MR) is 56.4 cm³/mol. The van der Waals surface area contributed by atoms with Crippen LogP contribution in [-0.2, 0) is 0 Å². The Bertz CT molecular complexity index is 220. The van der Waals surface area contributed by atoms with Gasteiger partial charge in [0.05, 0.1) is 12.6 Å².